The minimum Gasteiger partial charge on any atom is -0.496 e. The van der Waals surface area contributed by atoms with E-state index in [-0.39, 0.29) is 18.6 Å². The molecule has 142 valence electrons. The molecule has 7 heteroatoms. The number of hydrogen-bond acceptors (Lipinski definition) is 5. The Labute approximate surface area is 158 Å². The zero-order valence-corrected chi connectivity index (χ0v) is 15.8. The van der Waals surface area contributed by atoms with Crippen molar-refractivity contribution in [3.05, 3.63) is 59.5 Å². The van der Waals surface area contributed by atoms with E-state index >= 15 is 0 Å². The van der Waals surface area contributed by atoms with Crippen LogP contribution in [0.4, 0.5) is 0 Å². The van der Waals surface area contributed by atoms with Crippen molar-refractivity contribution in [2.45, 2.75) is 25.8 Å². The lowest BCUT2D eigenvalue weighted by atomic mass is 10.0. The molecule has 2 aromatic heterocycles. The molecule has 27 heavy (non-hydrogen) atoms. The summed E-state index contributed by atoms with van der Waals surface area (Å²) in [4.78, 5) is 19.0. The van der Waals surface area contributed by atoms with E-state index in [0.29, 0.717) is 24.1 Å². The second kappa shape index (κ2) is 8.18. The highest BCUT2D eigenvalue weighted by atomic mass is 16.5. The van der Waals surface area contributed by atoms with E-state index in [2.05, 4.69) is 10.1 Å². The minimum atomic E-state index is -0.130. The lowest BCUT2D eigenvalue weighted by Gasteiger charge is -2.25. The minimum absolute atomic E-state index is 0.0302. The normalized spacial score (nSPS) is 12.1. The van der Waals surface area contributed by atoms with Crippen molar-refractivity contribution in [2.75, 3.05) is 20.8 Å². The summed E-state index contributed by atoms with van der Waals surface area (Å²) in [5.74, 6) is 0.689. The molecule has 0 aliphatic rings. The Hall–Kier alpha value is -2.93. The first-order valence-corrected chi connectivity index (χ1v) is 8.87. The number of aliphatic hydroxyl groups is 1. The standard InChI is InChI=1S/C20H24N4O3/c1-14(10-16-6-4-5-7-18(16)27-3)23(2)20(26)17-12-22-24-13-15(8-9-25)11-21-19(17)24/h4-7,11-14,25H,8-10H2,1-3H3/t14-/m0/s1. The van der Waals surface area contributed by atoms with Gasteiger partial charge in [0, 0.05) is 32.1 Å². The molecule has 0 fully saturated rings. The highest BCUT2D eigenvalue weighted by Gasteiger charge is 2.22. The summed E-state index contributed by atoms with van der Waals surface area (Å²) in [5, 5.41) is 13.3. The van der Waals surface area contributed by atoms with E-state index in [0.717, 1.165) is 16.9 Å². The second-order valence-corrected chi connectivity index (χ2v) is 6.54. The Morgan fingerprint density at radius 2 is 2.11 bits per heavy atom. The predicted molar refractivity (Wildman–Crippen MR) is 102 cm³/mol. The van der Waals surface area contributed by atoms with E-state index in [4.69, 9.17) is 9.84 Å². The van der Waals surface area contributed by atoms with Crippen LogP contribution in [0, 0.1) is 0 Å². The van der Waals surface area contributed by atoms with E-state index < -0.39 is 0 Å². The van der Waals surface area contributed by atoms with Gasteiger partial charge in [0.05, 0.1) is 13.3 Å². The molecule has 1 N–H and O–H groups in total. The largest absolute Gasteiger partial charge is 0.496 e. The van der Waals surface area contributed by atoms with Crippen LogP contribution in [0.5, 0.6) is 5.75 Å². The third-order valence-electron chi connectivity index (χ3n) is 4.73. The summed E-state index contributed by atoms with van der Waals surface area (Å²) in [6, 6.07) is 7.79. The van der Waals surface area contributed by atoms with Gasteiger partial charge in [-0.05, 0) is 37.0 Å². The topological polar surface area (TPSA) is 80.0 Å². The molecule has 0 saturated heterocycles. The van der Waals surface area contributed by atoms with Crippen LogP contribution in [0.3, 0.4) is 0 Å². The molecule has 3 aromatic rings. The molecule has 0 unspecified atom stereocenters. The molecule has 0 radical (unpaired) electrons. The number of fused-ring (bicyclic) bond motifs is 1. The van der Waals surface area contributed by atoms with Gasteiger partial charge in [-0.3, -0.25) is 4.79 Å². The Kier molecular flexibility index (Phi) is 5.71. The zero-order chi connectivity index (χ0) is 19.4. The van der Waals surface area contributed by atoms with Crippen LogP contribution >= 0.6 is 0 Å². The number of methoxy groups -OCH3 is 1. The molecular formula is C20H24N4O3. The number of para-hydroxylation sites is 1. The maximum absolute atomic E-state index is 13.0. The number of nitrogens with zero attached hydrogens (tertiary/aromatic N) is 4. The van der Waals surface area contributed by atoms with E-state index in [1.54, 1.807) is 42.2 Å². The monoisotopic (exact) mass is 368 g/mol. The van der Waals surface area contributed by atoms with Gasteiger partial charge in [-0.25, -0.2) is 9.50 Å². The lowest BCUT2D eigenvalue weighted by molar-refractivity contribution is 0.0744. The van der Waals surface area contributed by atoms with Crippen molar-refractivity contribution in [2.24, 2.45) is 0 Å². The number of benzene rings is 1. The molecular weight excluding hydrogens is 344 g/mol. The maximum atomic E-state index is 13.0. The van der Waals surface area contributed by atoms with Crippen molar-refractivity contribution in [1.82, 2.24) is 19.5 Å². The molecule has 0 aliphatic heterocycles. The molecule has 7 nitrogen and oxygen atoms in total. The van der Waals surface area contributed by atoms with Gasteiger partial charge in [-0.2, -0.15) is 5.10 Å². The molecule has 0 bridgehead atoms. The van der Waals surface area contributed by atoms with Gasteiger partial charge in [0.25, 0.3) is 5.91 Å². The molecule has 1 amide bonds. The smallest absolute Gasteiger partial charge is 0.259 e. The average Bonchev–Trinajstić information content (AvgIpc) is 3.10. The van der Waals surface area contributed by atoms with E-state index in [1.807, 2.05) is 31.2 Å². The highest BCUT2D eigenvalue weighted by Crippen LogP contribution is 2.21. The van der Waals surface area contributed by atoms with Gasteiger partial charge in [0.2, 0.25) is 0 Å². The third-order valence-corrected chi connectivity index (χ3v) is 4.73. The Morgan fingerprint density at radius 1 is 1.33 bits per heavy atom. The molecule has 0 saturated carbocycles. The molecule has 3 rings (SSSR count). The number of amides is 1. The Bertz CT molecular complexity index is 938. The SMILES string of the molecule is COc1ccccc1C[C@H](C)N(C)C(=O)c1cnn2cc(CCO)cnc12. The van der Waals surface area contributed by atoms with E-state index in [1.165, 1.54) is 0 Å². The second-order valence-electron chi connectivity index (χ2n) is 6.54. The Morgan fingerprint density at radius 3 is 2.85 bits per heavy atom. The summed E-state index contributed by atoms with van der Waals surface area (Å²) in [5.41, 5.74) is 2.89. The van der Waals surface area contributed by atoms with Crippen molar-refractivity contribution in [3.63, 3.8) is 0 Å². The predicted octanol–water partition coefficient (Wildman–Crippen LogP) is 1.98. The molecule has 0 spiro atoms. The van der Waals surface area contributed by atoms with Crippen LogP contribution in [-0.2, 0) is 12.8 Å². The third kappa shape index (κ3) is 3.93. The number of aromatic nitrogens is 3. The fraction of sp³-hybridized carbons (Fsp3) is 0.350. The molecule has 2 heterocycles. The van der Waals surface area contributed by atoms with Crippen LogP contribution < -0.4 is 4.74 Å². The first kappa shape index (κ1) is 18.8. The van der Waals surface area contributed by atoms with Gasteiger partial charge in [0.15, 0.2) is 5.65 Å². The van der Waals surface area contributed by atoms with Crippen LogP contribution in [0.25, 0.3) is 5.65 Å². The van der Waals surface area contributed by atoms with Gasteiger partial charge in [-0.1, -0.05) is 18.2 Å². The van der Waals surface area contributed by atoms with Gasteiger partial charge in [0.1, 0.15) is 11.3 Å². The summed E-state index contributed by atoms with van der Waals surface area (Å²) in [6.45, 7) is 2.05. The molecule has 1 aromatic carbocycles. The van der Waals surface area contributed by atoms with Crippen molar-refractivity contribution in [1.29, 1.82) is 0 Å². The van der Waals surface area contributed by atoms with Crippen LogP contribution in [0.15, 0.2) is 42.9 Å². The fourth-order valence-electron chi connectivity index (χ4n) is 3.04. The van der Waals surface area contributed by atoms with Gasteiger partial charge >= 0.3 is 0 Å². The summed E-state index contributed by atoms with van der Waals surface area (Å²) >= 11 is 0. The van der Waals surface area contributed by atoms with Crippen LogP contribution in [0.1, 0.15) is 28.4 Å². The average molecular weight is 368 g/mol. The van der Waals surface area contributed by atoms with Crippen molar-refractivity contribution >= 4 is 11.6 Å². The number of rotatable bonds is 7. The van der Waals surface area contributed by atoms with Crippen LogP contribution in [0.2, 0.25) is 0 Å². The van der Waals surface area contributed by atoms with Gasteiger partial charge in [-0.15, -0.1) is 0 Å². The zero-order valence-electron chi connectivity index (χ0n) is 15.8. The Balaban J connectivity index is 1.79. The number of hydrogen-bond donors (Lipinski definition) is 1. The lowest BCUT2D eigenvalue weighted by Crippen LogP contribution is -2.36. The summed E-state index contributed by atoms with van der Waals surface area (Å²) in [7, 11) is 3.43. The fourth-order valence-corrected chi connectivity index (χ4v) is 3.04. The van der Waals surface area contributed by atoms with E-state index in [9.17, 15) is 4.79 Å². The first-order valence-electron chi connectivity index (χ1n) is 8.87. The quantitative estimate of drug-likeness (QED) is 0.690. The number of carbonyl (C=O) groups is 1. The number of carbonyl (C=O) groups excluding carboxylic acids is 1. The van der Waals surface area contributed by atoms with Crippen molar-refractivity contribution < 1.29 is 14.6 Å². The highest BCUT2D eigenvalue weighted by molar-refractivity contribution is 5.99. The summed E-state index contributed by atoms with van der Waals surface area (Å²) in [6.07, 6.45) is 6.18. The molecule has 1 atom stereocenters. The molecule has 0 aliphatic carbocycles. The maximum Gasteiger partial charge on any atom is 0.259 e. The van der Waals surface area contributed by atoms with Crippen LogP contribution in [-0.4, -0.2) is 57.3 Å². The number of aliphatic hydroxyl groups excluding tert-OH is 1. The number of ether oxygens (including phenoxy) is 1. The number of likely N-dealkylation sites (N-methyl/N-ethyl adjacent to an activating group) is 1. The van der Waals surface area contributed by atoms with Gasteiger partial charge < -0.3 is 14.7 Å². The first-order chi connectivity index (χ1) is 13.0. The van der Waals surface area contributed by atoms with Crippen molar-refractivity contribution in [3.8, 4) is 5.75 Å². The summed E-state index contributed by atoms with van der Waals surface area (Å²) < 4.78 is 6.98.